The Morgan fingerprint density at radius 1 is 0.143 bits per heavy atom. The zero-order valence-electron chi connectivity index (χ0n) is 91.3. The van der Waals surface area contributed by atoms with Crippen molar-refractivity contribution in [2.45, 2.75) is 291 Å². The molecule has 0 amide bonds. The van der Waals surface area contributed by atoms with Gasteiger partial charge in [0.25, 0.3) is 0 Å². The number of hydrogen-bond acceptors (Lipinski definition) is 0. The fraction of sp³-hybridized carbons (Fsp3) is 0.333. The molecule has 14 rings (SSSR count). The minimum Gasteiger partial charge on any atom is -0.226 e. The van der Waals surface area contributed by atoms with Crippen LogP contribution in [0.25, 0.3) is 77.9 Å². The topological polar surface area (TPSA) is 0 Å². The molecule has 0 saturated heterocycles. The molecule has 0 N–H and O–H groups in total. The minimum atomic E-state index is 0. The van der Waals surface area contributed by atoms with Crippen LogP contribution in [0.5, 0.6) is 0 Å². The van der Waals surface area contributed by atoms with E-state index in [0.717, 1.165) is 83.5 Å². The van der Waals surface area contributed by atoms with Gasteiger partial charge < -0.3 is 0 Å². The van der Waals surface area contributed by atoms with Crippen molar-refractivity contribution in [2.75, 3.05) is 0 Å². The van der Waals surface area contributed by atoms with Gasteiger partial charge in [-0.3, -0.25) is 0 Å². The summed E-state index contributed by atoms with van der Waals surface area (Å²) in [7, 11) is 0. The first-order valence-corrected chi connectivity index (χ1v) is 47.1. The number of hydrogen-bond donors (Lipinski definition) is 0. The second kappa shape index (κ2) is 112. The molecule has 0 unspecified atom stereocenters. The molecule has 133 heavy (non-hydrogen) atoms. The number of rotatable bonds is 7. The van der Waals surface area contributed by atoms with Crippen molar-refractivity contribution in [3.8, 4) is 77.9 Å². The van der Waals surface area contributed by atoms with E-state index in [1.165, 1.54) is 72.3 Å². The van der Waals surface area contributed by atoms with E-state index in [9.17, 15) is 0 Å². The molecular weight excluding hydrogens is 2140 g/mol. The van der Waals surface area contributed by atoms with Crippen LogP contribution in [0, 0.1) is 182 Å². The molecule has 0 spiro atoms. The van der Waals surface area contributed by atoms with E-state index in [0.29, 0.717) is 0 Å². The predicted molar refractivity (Wildman–Crippen MR) is 572 cm³/mol. The fourth-order valence-electron chi connectivity index (χ4n) is 10.4. The van der Waals surface area contributed by atoms with Crippen molar-refractivity contribution in [3.05, 3.63) is 418 Å². The molecule has 0 atom stereocenters. The minimum absolute atomic E-state index is 0. The average molecular weight is 2310 g/mol. The molecule has 0 heterocycles. The summed E-state index contributed by atoms with van der Waals surface area (Å²) >= 11 is 0. The van der Waals surface area contributed by atoms with E-state index in [4.69, 9.17) is 0 Å². The molecule has 7 radical (unpaired) electrons. The molecule has 0 aliphatic carbocycles. The largest absolute Gasteiger partial charge is 0.226 e. The molecule has 0 bridgehead atoms. The van der Waals surface area contributed by atoms with Crippen LogP contribution >= 0.6 is 0 Å². The smallest absolute Gasteiger partial charge is 0 e. The second-order valence-electron chi connectivity index (χ2n) is 24.6. The van der Waals surface area contributed by atoms with Crippen LogP contribution < -0.4 is 0 Å². The summed E-state index contributed by atoms with van der Waals surface area (Å²) in [5.41, 5.74) is 33.1. The van der Waals surface area contributed by atoms with Gasteiger partial charge in [-0.05, 0) is 0 Å². The third-order valence-corrected chi connectivity index (χ3v) is 15.8. The SMILES string of the molecule is CC.CC.CC.CC.CC.CC.CC.CC.CC.CC.CC.CC.CC.CC.Cc1[c-]c(-c2[c-]ccc(C)c2)ccc1.Cc1[c-]c(-c2[c-]cccc2C)ccc1.Cc1c[c-]c(-c2[c-]ccc(C)c2)cc1.Cc1c[c-]c(-c2[c-]cccc2C)cc1.Cc1cc[c-]c(-c2[c-]ccc(C)c2)c1.Cc1cc[c-]c(-c2[c-]cccc2C)c1.Cc1cc[c-]c(-c2[c-]cccc2C)c1.[Y].[Y].[Y].[Y].[Y].[Y].[Y]. The van der Waals surface area contributed by atoms with Gasteiger partial charge >= 0.3 is 0 Å². The average Bonchev–Trinajstić information content (AvgIpc) is 0.851. The first-order valence-electron chi connectivity index (χ1n) is 47.1. The molecule has 0 aliphatic rings. The monoisotopic (exact) mass is 2300 g/mol. The van der Waals surface area contributed by atoms with Crippen LogP contribution in [0.1, 0.15) is 272 Å². The van der Waals surface area contributed by atoms with Crippen molar-refractivity contribution in [3.63, 3.8) is 0 Å². The van der Waals surface area contributed by atoms with Crippen LogP contribution in [0.15, 0.2) is 255 Å². The summed E-state index contributed by atoms with van der Waals surface area (Å²) < 4.78 is 0. The Morgan fingerprint density at radius 2 is 0.346 bits per heavy atom. The molecule has 14 aromatic rings. The Labute approximate surface area is 1000 Å². The van der Waals surface area contributed by atoms with Crippen LogP contribution in [0.3, 0.4) is 0 Å². The van der Waals surface area contributed by atoms with Gasteiger partial charge in [0, 0.05) is 229 Å². The van der Waals surface area contributed by atoms with Crippen LogP contribution in [0.4, 0.5) is 0 Å². The van der Waals surface area contributed by atoms with Gasteiger partial charge in [0.2, 0.25) is 0 Å². The molecule has 7 heteroatoms. The van der Waals surface area contributed by atoms with Gasteiger partial charge in [-0.1, -0.05) is 291 Å². The van der Waals surface area contributed by atoms with E-state index in [1.54, 1.807) is 0 Å². The van der Waals surface area contributed by atoms with Gasteiger partial charge in [0.05, 0.1) is 0 Å². The third-order valence-electron chi connectivity index (χ3n) is 15.8. The van der Waals surface area contributed by atoms with Crippen LogP contribution in [-0.4, -0.2) is 0 Å². The number of benzene rings is 14. The van der Waals surface area contributed by atoms with Crippen LogP contribution in [0.2, 0.25) is 0 Å². The fourth-order valence-corrected chi connectivity index (χ4v) is 10.4. The van der Waals surface area contributed by atoms with Gasteiger partial charge in [0.1, 0.15) is 0 Å². The third kappa shape index (κ3) is 72.7. The zero-order chi connectivity index (χ0) is 97.8. The maximum Gasteiger partial charge on any atom is 0 e. The van der Waals surface area contributed by atoms with Crippen molar-refractivity contribution in [1.29, 1.82) is 0 Å². The van der Waals surface area contributed by atoms with Crippen molar-refractivity contribution < 1.29 is 229 Å². The van der Waals surface area contributed by atoms with Crippen molar-refractivity contribution in [1.82, 2.24) is 0 Å². The molecule has 0 fully saturated rings. The van der Waals surface area contributed by atoms with Crippen molar-refractivity contribution >= 4 is 0 Å². The van der Waals surface area contributed by atoms with Gasteiger partial charge in [-0.2, -0.15) is 289 Å². The molecule has 0 saturated carbocycles. The Balaban J connectivity index is -0.0000000981. The Bertz CT molecular complexity index is 4420. The maximum absolute atomic E-state index is 3.33. The van der Waals surface area contributed by atoms with Gasteiger partial charge in [-0.25, -0.2) is 77.9 Å². The summed E-state index contributed by atoms with van der Waals surface area (Å²) in [6, 6.07) is 131. The first kappa shape index (κ1) is 161. The summed E-state index contributed by atoms with van der Waals surface area (Å²) in [4.78, 5) is 0. The predicted octanol–water partition coefficient (Wildman–Crippen LogP) is 39.3. The first-order chi connectivity index (χ1) is 61.3. The summed E-state index contributed by atoms with van der Waals surface area (Å²) in [5.74, 6) is 0. The molecule has 14 aromatic carbocycles. The molecule has 0 aliphatic heterocycles. The quantitative estimate of drug-likeness (QED) is 0.140. The summed E-state index contributed by atoms with van der Waals surface area (Å²) in [5, 5.41) is 0. The van der Waals surface area contributed by atoms with E-state index < -0.39 is 0 Å². The Hall–Kier alpha value is -3.19. The van der Waals surface area contributed by atoms with Gasteiger partial charge in [0.15, 0.2) is 0 Å². The molecule has 707 valence electrons. The molecule has 0 aromatic heterocycles. The van der Waals surface area contributed by atoms with Crippen molar-refractivity contribution in [2.24, 2.45) is 0 Å². The van der Waals surface area contributed by atoms with E-state index in [1.807, 2.05) is 291 Å². The normalized spacial score (nSPS) is 8.11. The van der Waals surface area contributed by atoms with E-state index >= 15 is 0 Å². The maximum atomic E-state index is 3.33. The van der Waals surface area contributed by atoms with Crippen LogP contribution in [-0.2, 0) is 229 Å². The molecule has 0 nitrogen and oxygen atoms in total. The summed E-state index contributed by atoms with van der Waals surface area (Å²) in [6.07, 6.45) is 0. The van der Waals surface area contributed by atoms with E-state index in [-0.39, 0.29) is 229 Å². The zero-order valence-corrected chi connectivity index (χ0v) is 111. The Morgan fingerprint density at radius 3 is 0.579 bits per heavy atom. The summed E-state index contributed by atoms with van der Waals surface area (Å²) in [6.45, 7) is 85.2. The second-order valence-corrected chi connectivity index (χ2v) is 24.6. The van der Waals surface area contributed by atoms with E-state index in [2.05, 4.69) is 340 Å². The number of aryl methyl sites for hydroxylation is 14. The Kier molecular flexibility index (Phi) is 136. The van der Waals surface area contributed by atoms with Gasteiger partial charge in [-0.15, -0.1) is 128 Å². The molecular formula is C126H168Y7-14. The standard InChI is InChI=1S/7C14H12.14C2H6.7Y/c2*1-11-5-3-7-13(9-11)14-8-4-6-12(2)10-14;3*1-11-6-5-8-13(10-11)14-9-4-3-7-12(14)2;1-11-6-8-13(9-7-11)14-5-3-4-12(2)10-14;1-11-7-9-13(10-8-11)14-6-4-3-5-12(14)2;14*1-2;;;;;;;/h3-6,9-10H,1-2H3;3*3-7,10H,1-2H3;3-8H,1-2H3;3-4,6-8,10H,1-2H3;3-5,7-9H,1-2H3;14*1-2H3;;;;;;;/q7*-2;;;;;;;;;;;;;;;;;;;;;.